The number of aliphatic hydroxyl groups is 1. The van der Waals surface area contributed by atoms with Crippen molar-refractivity contribution in [3.63, 3.8) is 0 Å². The molecular weight excluding hydrogens is 204 g/mol. The van der Waals surface area contributed by atoms with E-state index in [9.17, 15) is 0 Å². The lowest BCUT2D eigenvalue weighted by molar-refractivity contribution is -0.135. The van der Waals surface area contributed by atoms with Crippen LogP contribution in [0.5, 0.6) is 0 Å². The molecule has 0 saturated carbocycles. The Bertz CT molecular complexity index is 399. The molecule has 2 rings (SSSR count). The minimum absolute atomic E-state index is 0.111. The molecule has 0 aromatic heterocycles. The highest BCUT2D eigenvalue weighted by atomic mass is 16.6. The van der Waals surface area contributed by atoms with Gasteiger partial charge in [-0.25, -0.2) is 0 Å². The summed E-state index contributed by atoms with van der Waals surface area (Å²) in [4.78, 5) is 0. The van der Waals surface area contributed by atoms with Gasteiger partial charge in [-0.15, -0.1) is 0 Å². The van der Waals surface area contributed by atoms with Gasteiger partial charge in [0.25, 0.3) is 0 Å². The van der Waals surface area contributed by atoms with Crippen LogP contribution in [0.2, 0.25) is 0 Å². The van der Waals surface area contributed by atoms with E-state index in [0.29, 0.717) is 19.8 Å². The molecule has 0 amide bonds. The molecule has 1 aromatic carbocycles. The predicted octanol–water partition coefficient (Wildman–Crippen LogP) is 0.946. The van der Waals surface area contributed by atoms with E-state index in [1.165, 1.54) is 0 Å². The number of rotatable bonds is 3. The van der Waals surface area contributed by atoms with Crippen LogP contribution >= 0.6 is 0 Å². The Kier molecular flexibility index (Phi) is 3.95. The van der Waals surface area contributed by atoms with Crippen molar-refractivity contribution in [1.29, 1.82) is 0 Å². The van der Waals surface area contributed by atoms with Crippen molar-refractivity contribution in [2.75, 3.05) is 19.8 Å². The minimum Gasteiger partial charge on any atom is -0.384 e. The van der Waals surface area contributed by atoms with Crippen molar-refractivity contribution in [3.8, 4) is 11.8 Å². The van der Waals surface area contributed by atoms with E-state index < -0.39 is 0 Å². The van der Waals surface area contributed by atoms with Crippen LogP contribution in [-0.2, 0) is 16.1 Å². The van der Waals surface area contributed by atoms with Crippen LogP contribution in [0.15, 0.2) is 24.3 Å². The van der Waals surface area contributed by atoms with E-state index in [2.05, 4.69) is 11.8 Å². The summed E-state index contributed by atoms with van der Waals surface area (Å²) in [5.74, 6) is 5.49. The van der Waals surface area contributed by atoms with Gasteiger partial charge in [-0.2, -0.15) is 0 Å². The fourth-order valence-electron chi connectivity index (χ4n) is 1.40. The third-order valence-electron chi connectivity index (χ3n) is 2.33. The number of hydrogen-bond donors (Lipinski definition) is 1. The summed E-state index contributed by atoms with van der Waals surface area (Å²) < 4.78 is 10.6. The molecule has 0 atom stereocenters. The molecule has 1 fully saturated rings. The Labute approximate surface area is 95.0 Å². The van der Waals surface area contributed by atoms with Crippen LogP contribution in [0.25, 0.3) is 0 Å². The molecule has 1 N–H and O–H groups in total. The second kappa shape index (κ2) is 5.66. The monoisotopic (exact) mass is 218 g/mol. The average Bonchev–Trinajstić information content (AvgIpc) is 2.25. The molecule has 16 heavy (non-hydrogen) atoms. The topological polar surface area (TPSA) is 38.7 Å². The molecule has 1 saturated heterocycles. The maximum atomic E-state index is 8.60. The highest BCUT2D eigenvalue weighted by Crippen LogP contribution is 2.11. The quantitative estimate of drug-likeness (QED) is 0.767. The lowest BCUT2D eigenvalue weighted by atomic mass is 10.1. The Morgan fingerprint density at radius 1 is 1.44 bits per heavy atom. The normalized spacial score (nSPS) is 15.1. The highest BCUT2D eigenvalue weighted by Gasteiger charge is 2.18. The van der Waals surface area contributed by atoms with E-state index in [0.717, 1.165) is 11.1 Å². The van der Waals surface area contributed by atoms with Crippen molar-refractivity contribution in [2.24, 2.45) is 0 Å². The molecule has 1 aromatic rings. The van der Waals surface area contributed by atoms with E-state index in [1.54, 1.807) is 0 Å². The first-order valence-corrected chi connectivity index (χ1v) is 5.26. The molecular formula is C13H14O3. The lowest BCUT2D eigenvalue weighted by Crippen LogP contribution is -2.35. The smallest absolute Gasteiger partial charge is 0.105 e. The predicted molar refractivity (Wildman–Crippen MR) is 59.8 cm³/mol. The standard InChI is InChI=1S/C13H14O3/c14-6-2-5-11-3-1-4-12(7-11)8-16-13-9-15-10-13/h1,3-4,7,13-14H,6,8-10H2. The third-order valence-corrected chi connectivity index (χ3v) is 2.33. The summed E-state index contributed by atoms with van der Waals surface area (Å²) in [6.45, 7) is 1.87. The van der Waals surface area contributed by atoms with Crippen molar-refractivity contribution >= 4 is 0 Å². The van der Waals surface area contributed by atoms with Crippen molar-refractivity contribution in [1.82, 2.24) is 0 Å². The Hall–Kier alpha value is -1.34. The van der Waals surface area contributed by atoms with E-state index in [4.69, 9.17) is 14.6 Å². The number of hydrogen-bond acceptors (Lipinski definition) is 3. The Balaban J connectivity index is 1.92. The maximum absolute atomic E-state index is 8.60. The van der Waals surface area contributed by atoms with Gasteiger partial charge in [0, 0.05) is 5.56 Å². The average molecular weight is 218 g/mol. The van der Waals surface area contributed by atoms with Crippen LogP contribution in [0, 0.1) is 11.8 Å². The zero-order valence-corrected chi connectivity index (χ0v) is 8.98. The second-order valence-corrected chi connectivity index (χ2v) is 3.63. The first-order valence-electron chi connectivity index (χ1n) is 5.26. The Morgan fingerprint density at radius 2 is 2.31 bits per heavy atom. The number of ether oxygens (including phenoxy) is 2. The summed E-state index contributed by atoms with van der Waals surface area (Å²) in [5.41, 5.74) is 2.00. The van der Waals surface area contributed by atoms with E-state index in [-0.39, 0.29) is 12.7 Å². The fraction of sp³-hybridized carbons (Fsp3) is 0.385. The maximum Gasteiger partial charge on any atom is 0.105 e. The van der Waals surface area contributed by atoms with Gasteiger partial charge >= 0.3 is 0 Å². The van der Waals surface area contributed by atoms with Gasteiger partial charge in [0.05, 0.1) is 19.8 Å². The molecule has 0 aliphatic carbocycles. The third kappa shape index (κ3) is 3.07. The summed E-state index contributed by atoms with van der Waals surface area (Å²) >= 11 is 0. The first-order chi connectivity index (χ1) is 7.88. The summed E-state index contributed by atoms with van der Waals surface area (Å²) in [6, 6.07) is 7.84. The lowest BCUT2D eigenvalue weighted by Gasteiger charge is -2.25. The molecule has 1 heterocycles. The second-order valence-electron chi connectivity index (χ2n) is 3.63. The summed E-state index contributed by atoms with van der Waals surface area (Å²) in [5, 5.41) is 8.60. The van der Waals surface area contributed by atoms with Crippen LogP contribution < -0.4 is 0 Å². The first kappa shape index (κ1) is 11.2. The van der Waals surface area contributed by atoms with Gasteiger partial charge in [0.2, 0.25) is 0 Å². The molecule has 0 unspecified atom stereocenters. The van der Waals surface area contributed by atoms with Crippen molar-refractivity contribution in [2.45, 2.75) is 12.7 Å². The van der Waals surface area contributed by atoms with Gasteiger partial charge in [-0.1, -0.05) is 24.0 Å². The summed E-state index contributed by atoms with van der Waals surface area (Å²) in [7, 11) is 0. The molecule has 3 heteroatoms. The van der Waals surface area contributed by atoms with Gasteiger partial charge in [0.15, 0.2) is 0 Å². The molecule has 3 nitrogen and oxygen atoms in total. The molecule has 1 aliphatic heterocycles. The van der Waals surface area contributed by atoms with Crippen LogP contribution in [-0.4, -0.2) is 31.0 Å². The SMILES string of the molecule is OCC#Cc1cccc(COC2COC2)c1. The van der Waals surface area contributed by atoms with Crippen LogP contribution in [0.1, 0.15) is 11.1 Å². The van der Waals surface area contributed by atoms with Crippen LogP contribution in [0.4, 0.5) is 0 Å². The zero-order valence-electron chi connectivity index (χ0n) is 8.98. The van der Waals surface area contributed by atoms with Crippen molar-refractivity contribution < 1.29 is 14.6 Å². The minimum atomic E-state index is -0.111. The van der Waals surface area contributed by atoms with Crippen molar-refractivity contribution in [3.05, 3.63) is 35.4 Å². The molecule has 0 radical (unpaired) electrons. The van der Waals surface area contributed by atoms with Gasteiger partial charge < -0.3 is 14.6 Å². The number of benzene rings is 1. The van der Waals surface area contributed by atoms with E-state index in [1.807, 2.05) is 24.3 Å². The van der Waals surface area contributed by atoms with E-state index >= 15 is 0 Å². The fourth-order valence-corrected chi connectivity index (χ4v) is 1.40. The number of aliphatic hydroxyl groups excluding tert-OH is 1. The highest BCUT2D eigenvalue weighted by molar-refractivity contribution is 5.36. The summed E-state index contributed by atoms with van der Waals surface area (Å²) in [6.07, 6.45) is 0.243. The van der Waals surface area contributed by atoms with Crippen LogP contribution in [0.3, 0.4) is 0 Å². The molecule has 0 bridgehead atoms. The van der Waals surface area contributed by atoms with Gasteiger partial charge in [-0.05, 0) is 17.7 Å². The van der Waals surface area contributed by atoms with Gasteiger partial charge in [-0.3, -0.25) is 0 Å². The largest absolute Gasteiger partial charge is 0.384 e. The zero-order chi connectivity index (χ0) is 11.2. The molecule has 0 spiro atoms. The molecule has 84 valence electrons. The van der Waals surface area contributed by atoms with Gasteiger partial charge in [0.1, 0.15) is 12.7 Å². The molecule has 1 aliphatic rings. The Morgan fingerprint density at radius 3 is 3.00 bits per heavy atom.